The first-order valence-electron chi connectivity index (χ1n) is 7.51. The summed E-state index contributed by atoms with van der Waals surface area (Å²) in [7, 11) is 0. The lowest BCUT2D eigenvalue weighted by atomic mass is 10.2. The SMILES string of the molecule is CCC(C)Oc1cccc(NC=C2C(=O)OC(C)(C)OC2=O)c1. The van der Waals surface area contributed by atoms with Gasteiger partial charge in [-0.3, -0.25) is 0 Å². The molecule has 0 bridgehead atoms. The summed E-state index contributed by atoms with van der Waals surface area (Å²) in [5.41, 5.74) is 0.501. The van der Waals surface area contributed by atoms with Crippen LogP contribution in [0.15, 0.2) is 36.0 Å². The Morgan fingerprint density at radius 2 is 1.91 bits per heavy atom. The van der Waals surface area contributed by atoms with E-state index in [1.165, 1.54) is 20.0 Å². The van der Waals surface area contributed by atoms with Gasteiger partial charge >= 0.3 is 11.9 Å². The Morgan fingerprint density at radius 1 is 1.26 bits per heavy atom. The van der Waals surface area contributed by atoms with E-state index < -0.39 is 17.7 Å². The van der Waals surface area contributed by atoms with Crippen LogP contribution in [0.2, 0.25) is 0 Å². The third kappa shape index (κ3) is 4.48. The van der Waals surface area contributed by atoms with Crippen LogP contribution in [0.5, 0.6) is 5.75 Å². The number of rotatable bonds is 5. The lowest BCUT2D eigenvalue weighted by Crippen LogP contribution is -2.42. The van der Waals surface area contributed by atoms with Gasteiger partial charge in [-0.25, -0.2) is 9.59 Å². The number of carbonyl (C=O) groups is 2. The van der Waals surface area contributed by atoms with Crippen LogP contribution in [-0.4, -0.2) is 23.8 Å². The fourth-order valence-corrected chi connectivity index (χ4v) is 1.91. The van der Waals surface area contributed by atoms with Crippen LogP contribution in [0.25, 0.3) is 0 Å². The number of esters is 2. The van der Waals surface area contributed by atoms with Gasteiger partial charge in [0.25, 0.3) is 5.79 Å². The fraction of sp³-hybridized carbons (Fsp3) is 0.412. The van der Waals surface area contributed by atoms with Crippen molar-refractivity contribution in [2.24, 2.45) is 0 Å². The number of anilines is 1. The molecular weight excluding hydrogens is 298 g/mol. The van der Waals surface area contributed by atoms with E-state index in [1.807, 2.05) is 26.0 Å². The van der Waals surface area contributed by atoms with E-state index >= 15 is 0 Å². The highest BCUT2D eigenvalue weighted by Gasteiger charge is 2.38. The van der Waals surface area contributed by atoms with Gasteiger partial charge in [-0.2, -0.15) is 0 Å². The molecule has 0 radical (unpaired) electrons. The Kier molecular flexibility index (Phi) is 4.93. The van der Waals surface area contributed by atoms with Gasteiger partial charge in [-0.1, -0.05) is 13.0 Å². The number of benzene rings is 1. The molecule has 1 heterocycles. The highest BCUT2D eigenvalue weighted by atomic mass is 16.7. The molecule has 0 spiro atoms. The van der Waals surface area contributed by atoms with Crippen LogP contribution >= 0.6 is 0 Å². The Morgan fingerprint density at radius 3 is 2.52 bits per heavy atom. The number of ether oxygens (including phenoxy) is 3. The van der Waals surface area contributed by atoms with Crippen molar-refractivity contribution in [1.29, 1.82) is 0 Å². The third-order valence-corrected chi connectivity index (χ3v) is 3.25. The summed E-state index contributed by atoms with van der Waals surface area (Å²) < 4.78 is 15.8. The van der Waals surface area contributed by atoms with Crippen LogP contribution in [0.1, 0.15) is 34.1 Å². The topological polar surface area (TPSA) is 73.9 Å². The summed E-state index contributed by atoms with van der Waals surface area (Å²) in [5, 5.41) is 2.89. The zero-order chi connectivity index (χ0) is 17.0. The number of hydrogen-bond donors (Lipinski definition) is 1. The first kappa shape index (κ1) is 16.9. The van der Waals surface area contributed by atoms with Crippen molar-refractivity contribution in [3.05, 3.63) is 36.0 Å². The van der Waals surface area contributed by atoms with E-state index in [0.717, 1.165) is 6.42 Å². The first-order chi connectivity index (χ1) is 10.8. The standard InChI is InChI=1S/C17H21NO5/c1-5-11(2)21-13-8-6-7-12(9-13)18-10-14-15(19)22-17(3,4)23-16(14)20/h6-11,18H,5H2,1-4H3. The maximum atomic E-state index is 11.8. The predicted octanol–water partition coefficient (Wildman–Crippen LogP) is 3.00. The lowest BCUT2D eigenvalue weighted by molar-refractivity contribution is -0.222. The highest BCUT2D eigenvalue weighted by Crippen LogP contribution is 2.23. The minimum absolute atomic E-state index is 0.106. The molecule has 1 unspecified atom stereocenters. The van der Waals surface area contributed by atoms with Crippen molar-refractivity contribution < 1.29 is 23.8 Å². The van der Waals surface area contributed by atoms with Gasteiger partial charge in [0.05, 0.1) is 6.10 Å². The van der Waals surface area contributed by atoms with Crippen LogP contribution in [0.4, 0.5) is 5.69 Å². The van der Waals surface area contributed by atoms with Crippen LogP contribution in [-0.2, 0) is 19.1 Å². The van der Waals surface area contributed by atoms with Gasteiger partial charge in [-0.15, -0.1) is 0 Å². The Bertz CT molecular complexity index is 614. The summed E-state index contributed by atoms with van der Waals surface area (Å²) in [5.74, 6) is -1.97. The van der Waals surface area contributed by atoms with E-state index in [0.29, 0.717) is 11.4 Å². The molecule has 1 aromatic carbocycles. The second kappa shape index (κ2) is 6.73. The minimum Gasteiger partial charge on any atom is -0.491 e. The second-order valence-corrected chi connectivity index (χ2v) is 5.75. The molecule has 0 amide bonds. The van der Waals surface area contributed by atoms with E-state index in [2.05, 4.69) is 5.32 Å². The average Bonchev–Trinajstić information content (AvgIpc) is 2.45. The summed E-state index contributed by atoms with van der Waals surface area (Å²) in [4.78, 5) is 23.7. The third-order valence-electron chi connectivity index (χ3n) is 3.25. The Labute approximate surface area is 135 Å². The number of carbonyl (C=O) groups excluding carboxylic acids is 2. The molecular formula is C17H21NO5. The highest BCUT2D eigenvalue weighted by molar-refractivity contribution is 6.15. The van der Waals surface area contributed by atoms with Crippen molar-refractivity contribution in [3.8, 4) is 5.75 Å². The van der Waals surface area contributed by atoms with Crippen LogP contribution < -0.4 is 10.1 Å². The van der Waals surface area contributed by atoms with Gasteiger partial charge < -0.3 is 19.5 Å². The number of hydrogen-bond acceptors (Lipinski definition) is 6. The molecule has 1 N–H and O–H groups in total. The maximum Gasteiger partial charge on any atom is 0.350 e. The molecule has 1 atom stereocenters. The van der Waals surface area contributed by atoms with Crippen molar-refractivity contribution >= 4 is 17.6 Å². The zero-order valence-corrected chi connectivity index (χ0v) is 13.7. The Hall–Kier alpha value is -2.50. The summed E-state index contributed by atoms with van der Waals surface area (Å²) in [6.45, 7) is 7.03. The molecule has 0 aromatic heterocycles. The molecule has 6 heteroatoms. The Balaban J connectivity index is 2.09. The summed E-state index contributed by atoms with van der Waals surface area (Å²) in [6.07, 6.45) is 2.28. The quantitative estimate of drug-likeness (QED) is 0.511. The van der Waals surface area contributed by atoms with Crippen molar-refractivity contribution in [2.75, 3.05) is 5.32 Å². The molecule has 1 aliphatic heterocycles. The van der Waals surface area contributed by atoms with Gasteiger partial charge in [0.1, 0.15) is 5.75 Å². The van der Waals surface area contributed by atoms with E-state index in [1.54, 1.807) is 12.1 Å². The van der Waals surface area contributed by atoms with Crippen molar-refractivity contribution in [3.63, 3.8) is 0 Å². The largest absolute Gasteiger partial charge is 0.491 e. The van der Waals surface area contributed by atoms with Gasteiger partial charge in [-0.05, 0) is 25.5 Å². The molecule has 0 saturated carbocycles. The van der Waals surface area contributed by atoms with E-state index in [-0.39, 0.29) is 11.7 Å². The molecule has 1 fully saturated rings. The smallest absolute Gasteiger partial charge is 0.350 e. The monoisotopic (exact) mass is 319 g/mol. The molecule has 1 saturated heterocycles. The summed E-state index contributed by atoms with van der Waals surface area (Å²) >= 11 is 0. The summed E-state index contributed by atoms with van der Waals surface area (Å²) in [6, 6.07) is 7.24. The molecule has 1 aliphatic rings. The molecule has 0 aliphatic carbocycles. The van der Waals surface area contributed by atoms with Crippen LogP contribution in [0, 0.1) is 0 Å². The zero-order valence-electron chi connectivity index (χ0n) is 13.7. The molecule has 6 nitrogen and oxygen atoms in total. The van der Waals surface area contributed by atoms with Gasteiger partial charge in [0.15, 0.2) is 5.57 Å². The maximum absolute atomic E-state index is 11.8. The van der Waals surface area contributed by atoms with Crippen LogP contribution in [0.3, 0.4) is 0 Å². The molecule has 1 aromatic rings. The molecule has 124 valence electrons. The molecule has 2 rings (SSSR count). The first-order valence-corrected chi connectivity index (χ1v) is 7.51. The van der Waals surface area contributed by atoms with E-state index in [4.69, 9.17) is 14.2 Å². The van der Waals surface area contributed by atoms with Crippen molar-refractivity contribution in [2.45, 2.75) is 46.0 Å². The number of nitrogens with one attached hydrogen (secondary N) is 1. The second-order valence-electron chi connectivity index (χ2n) is 5.75. The minimum atomic E-state index is -1.24. The van der Waals surface area contributed by atoms with Gasteiger partial charge in [0.2, 0.25) is 0 Å². The van der Waals surface area contributed by atoms with Crippen molar-refractivity contribution in [1.82, 2.24) is 0 Å². The van der Waals surface area contributed by atoms with E-state index in [9.17, 15) is 9.59 Å². The molecule has 23 heavy (non-hydrogen) atoms. The number of cyclic esters (lactones) is 2. The fourth-order valence-electron chi connectivity index (χ4n) is 1.91. The van der Waals surface area contributed by atoms with Gasteiger partial charge in [0, 0.05) is 31.8 Å². The lowest BCUT2D eigenvalue weighted by Gasteiger charge is -2.29. The average molecular weight is 319 g/mol. The predicted molar refractivity (Wildman–Crippen MR) is 84.8 cm³/mol. The normalized spacial score (nSPS) is 17.8.